The van der Waals surface area contributed by atoms with Crippen LogP contribution in [0.2, 0.25) is 0 Å². The van der Waals surface area contributed by atoms with Gasteiger partial charge in [0.2, 0.25) is 0 Å². The molecule has 1 aromatic rings. The molecule has 1 rings (SSSR count). The number of hydrogen-bond acceptors (Lipinski definition) is 2. The summed E-state index contributed by atoms with van der Waals surface area (Å²) < 4.78 is 13.3. The molecule has 0 amide bonds. The first kappa shape index (κ1) is 9.19. The first-order valence-electron chi connectivity index (χ1n) is 3.91. The number of H-pyrrole nitrogens is 1. The van der Waals surface area contributed by atoms with Gasteiger partial charge in [-0.2, -0.15) is 0 Å². The number of aromatic amines is 1. The average Bonchev–Trinajstić information content (AvgIpc) is 2.30. The Morgan fingerprint density at radius 1 is 1.67 bits per heavy atom. The van der Waals surface area contributed by atoms with E-state index >= 15 is 0 Å². The molecule has 0 spiro atoms. The Morgan fingerprint density at radius 2 is 2.25 bits per heavy atom. The van der Waals surface area contributed by atoms with Crippen LogP contribution in [-0.4, -0.2) is 9.97 Å². The molecular weight excluding hydrogens is 157 g/mol. The molecule has 1 aromatic heterocycles. The second-order valence-corrected chi connectivity index (χ2v) is 3.45. The zero-order valence-corrected chi connectivity index (χ0v) is 7.56. The van der Waals surface area contributed by atoms with Crippen molar-refractivity contribution in [2.24, 2.45) is 5.73 Å². The van der Waals surface area contributed by atoms with Gasteiger partial charge in [0.15, 0.2) is 5.67 Å². The number of halogens is 1. The molecule has 1 unspecified atom stereocenters. The van der Waals surface area contributed by atoms with Crippen LogP contribution in [0.15, 0.2) is 6.20 Å². The van der Waals surface area contributed by atoms with E-state index in [1.54, 1.807) is 6.20 Å². The summed E-state index contributed by atoms with van der Waals surface area (Å²) in [5.74, 6) is 0.329. The highest BCUT2D eigenvalue weighted by Crippen LogP contribution is 2.21. The maximum Gasteiger partial charge on any atom is 0.162 e. The van der Waals surface area contributed by atoms with Crippen LogP contribution in [0.4, 0.5) is 4.39 Å². The molecule has 0 aliphatic carbocycles. The molecule has 0 fully saturated rings. The van der Waals surface area contributed by atoms with E-state index in [0.717, 1.165) is 5.69 Å². The Morgan fingerprint density at radius 3 is 2.50 bits per heavy atom. The Kier molecular flexibility index (Phi) is 2.19. The molecule has 12 heavy (non-hydrogen) atoms. The van der Waals surface area contributed by atoms with Crippen molar-refractivity contribution in [1.29, 1.82) is 0 Å². The second-order valence-electron chi connectivity index (χ2n) is 3.45. The summed E-state index contributed by atoms with van der Waals surface area (Å²) in [6.07, 6.45) is 1.57. The summed E-state index contributed by atoms with van der Waals surface area (Å²) in [6, 6.07) is -0.131. The van der Waals surface area contributed by atoms with Crippen molar-refractivity contribution < 1.29 is 4.39 Å². The largest absolute Gasteiger partial charge is 0.342 e. The molecule has 3 nitrogen and oxygen atoms in total. The average molecular weight is 171 g/mol. The van der Waals surface area contributed by atoms with Crippen molar-refractivity contribution in [2.75, 3.05) is 0 Å². The fraction of sp³-hybridized carbons (Fsp3) is 0.625. The van der Waals surface area contributed by atoms with Crippen LogP contribution < -0.4 is 5.73 Å². The van der Waals surface area contributed by atoms with Crippen molar-refractivity contribution in [3.63, 3.8) is 0 Å². The van der Waals surface area contributed by atoms with Crippen molar-refractivity contribution in [3.8, 4) is 0 Å². The molecule has 0 aromatic carbocycles. The van der Waals surface area contributed by atoms with Crippen molar-refractivity contribution >= 4 is 0 Å². The number of imidazole rings is 1. The number of alkyl halides is 1. The predicted octanol–water partition coefficient (Wildman–Crippen LogP) is 1.63. The molecule has 1 atom stereocenters. The van der Waals surface area contributed by atoms with Gasteiger partial charge in [-0.15, -0.1) is 0 Å². The Bertz CT molecular complexity index is 260. The Labute approximate surface area is 71.2 Å². The zero-order valence-electron chi connectivity index (χ0n) is 7.56. The van der Waals surface area contributed by atoms with E-state index in [9.17, 15) is 4.39 Å². The van der Waals surface area contributed by atoms with Gasteiger partial charge >= 0.3 is 0 Å². The van der Waals surface area contributed by atoms with E-state index in [-0.39, 0.29) is 6.04 Å². The number of hydrogen-bond donors (Lipinski definition) is 2. The number of nitrogens with zero attached hydrogens (tertiary/aromatic N) is 1. The minimum absolute atomic E-state index is 0.131. The maximum atomic E-state index is 13.3. The van der Waals surface area contributed by atoms with E-state index in [4.69, 9.17) is 5.73 Å². The van der Waals surface area contributed by atoms with Gasteiger partial charge in [0.1, 0.15) is 5.82 Å². The van der Waals surface area contributed by atoms with E-state index in [1.165, 1.54) is 13.8 Å². The molecule has 0 aliphatic heterocycles. The van der Waals surface area contributed by atoms with E-state index in [1.807, 2.05) is 6.92 Å². The summed E-state index contributed by atoms with van der Waals surface area (Å²) in [5.41, 5.74) is 4.91. The lowest BCUT2D eigenvalue weighted by atomic mass is 10.1. The minimum Gasteiger partial charge on any atom is -0.342 e. The van der Waals surface area contributed by atoms with Crippen LogP contribution in [0.25, 0.3) is 0 Å². The van der Waals surface area contributed by atoms with Gasteiger partial charge in [0, 0.05) is 12.2 Å². The fourth-order valence-electron chi connectivity index (χ4n) is 0.869. The molecule has 3 N–H and O–H groups in total. The molecule has 0 aliphatic rings. The molecule has 0 bridgehead atoms. The third-order valence-corrected chi connectivity index (χ3v) is 1.65. The van der Waals surface area contributed by atoms with E-state index < -0.39 is 5.67 Å². The van der Waals surface area contributed by atoms with Crippen LogP contribution in [0.5, 0.6) is 0 Å². The first-order valence-corrected chi connectivity index (χ1v) is 3.91. The Balaban J connectivity index is 2.92. The van der Waals surface area contributed by atoms with Crippen LogP contribution in [0.3, 0.4) is 0 Å². The van der Waals surface area contributed by atoms with Crippen molar-refractivity contribution in [1.82, 2.24) is 9.97 Å². The topological polar surface area (TPSA) is 54.7 Å². The SMILES string of the molecule is CC(N)c1cnc(C(C)(C)F)[nH]1. The number of nitrogens with two attached hydrogens (primary N) is 1. The third-order valence-electron chi connectivity index (χ3n) is 1.65. The van der Waals surface area contributed by atoms with Gasteiger partial charge < -0.3 is 10.7 Å². The Hall–Kier alpha value is -0.900. The van der Waals surface area contributed by atoms with Crippen molar-refractivity contribution in [2.45, 2.75) is 32.5 Å². The summed E-state index contributed by atoms with van der Waals surface area (Å²) in [6.45, 7) is 4.73. The fourth-order valence-corrected chi connectivity index (χ4v) is 0.869. The minimum atomic E-state index is -1.42. The third kappa shape index (κ3) is 1.82. The highest BCUT2D eigenvalue weighted by Gasteiger charge is 2.22. The molecule has 1 heterocycles. The van der Waals surface area contributed by atoms with Crippen molar-refractivity contribution in [3.05, 3.63) is 17.7 Å². The number of nitrogens with one attached hydrogen (secondary N) is 1. The lowest BCUT2D eigenvalue weighted by Crippen LogP contribution is -2.12. The van der Waals surface area contributed by atoms with Gasteiger partial charge in [0.25, 0.3) is 0 Å². The molecule has 0 saturated heterocycles. The van der Waals surface area contributed by atoms with Crippen LogP contribution in [-0.2, 0) is 5.67 Å². The van der Waals surface area contributed by atoms with Gasteiger partial charge in [-0.1, -0.05) is 0 Å². The predicted molar refractivity (Wildman–Crippen MR) is 45.3 cm³/mol. The van der Waals surface area contributed by atoms with Crippen LogP contribution in [0.1, 0.15) is 38.3 Å². The van der Waals surface area contributed by atoms with E-state index in [0.29, 0.717) is 5.82 Å². The smallest absolute Gasteiger partial charge is 0.162 e. The highest BCUT2D eigenvalue weighted by atomic mass is 19.1. The molecule has 4 heteroatoms. The van der Waals surface area contributed by atoms with Gasteiger partial charge in [0.05, 0.1) is 5.69 Å². The lowest BCUT2D eigenvalue weighted by Gasteiger charge is -2.09. The van der Waals surface area contributed by atoms with Crippen LogP contribution in [0, 0.1) is 0 Å². The number of rotatable bonds is 2. The molecular formula is C8H14FN3. The first-order chi connectivity index (χ1) is 5.41. The maximum absolute atomic E-state index is 13.3. The van der Waals surface area contributed by atoms with Gasteiger partial charge in [-0.3, -0.25) is 0 Å². The monoisotopic (exact) mass is 171 g/mol. The summed E-state index contributed by atoms with van der Waals surface area (Å²) in [4.78, 5) is 6.74. The summed E-state index contributed by atoms with van der Waals surface area (Å²) in [5, 5.41) is 0. The van der Waals surface area contributed by atoms with Crippen LogP contribution >= 0.6 is 0 Å². The lowest BCUT2D eigenvalue weighted by molar-refractivity contribution is 0.208. The second kappa shape index (κ2) is 2.86. The normalized spacial score (nSPS) is 14.8. The van der Waals surface area contributed by atoms with Gasteiger partial charge in [-0.25, -0.2) is 9.37 Å². The number of aromatic nitrogens is 2. The quantitative estimate of drug-likeness (QED) is 0.710. The molecule has 0 saturated carbocycles. The molecule has 68 valence electrons. The van der Waals surface area contributed by atoms with Gasteiger partial charge in [-0.05, 0) is 20.8 Å². The standard InChI is InChI=1S/C8H14FN3/c1-5(10)6-4-11-7(12-6)8(2,3)9/h4-5H,10H2,1-3H3,(H,11,12). The summed E-state index contributed by atoms with van der Waals surface area (Å²) >= 11 is 0. The zero-order chi connectivity index (χ0) is 9.35. The highest BCUT2D eigenvalue weighted by molar-refractivity contribution is 5.09. The summed E-state index contributed by atoms with van der Waals surface area (Å²) in [7, 11) is 0. The van der Waals surface area contributed by atoms with E-state index in [2.05, 4.69) is 9.97 Å². The molecule has 0 radical (unpaired) electrons.